The number of benzene rings is 1. The first kappa shape index (κ1) is 14.0. The second-order valence-corrected chi connectivity index (χ2v) is 4.77. The molecule has 0 saturated carbocycles. The van der Waals surface area contributed by atoms with Crippen LogP contribution in [-0.4, -0.2) is 31.6 Å². The van der Waals surface area contributed by atoms with E-state index in [-0.39, 0.29) is 0 Å². The van der Waals surface area contributed by atoms with Crippen molar-refractivity contribution in [3.05, 3.63) is 29.8 Å². The molecule has 0 spiro atoms. The van der Waals surface area contributed by atoms with Gasteiger partial charge in [-0.15, -0.1) is 0 Å². The van der Waals surface area contributed by atoms with Crippen molar-refractivity contribution in [1.82, 2.24) is 4.90 Å². The van der Waals surface area contributed by atoms with Crippen LogP contribution in [0.25, 0.3) is 0 Å². The standard InChI is InChI=1S/C14H24N2O/c1-12(2)10-16(9-8-15)11-13-4-6-14(17-3)7-5-13/h4-7,12H,8-11,15H2,1-3H3. The van der Waals surface area contributed by atoms with Crippen molar-refractivity contribution >= 4 is 0 Å². The molecule has 0 aromatic heterocycles. The molecule has 0 aliphatic carbocycles. The molecule has 0 bridgehead atoms. The summed E-state index contributed by atoms with van der Waals surface area (Å²) in [6, 6.07) is 8.24. The van der Waals surface area contributed by atoms with Gasteiger partial charge < -0.3 is 10.5 Å². The van der Waals surface area contributed by atoms with Gasteiger partial charge in [-0.25, -0.2) is 0 Å². The average molecular weight is 236 g/mol. The molecule has 0 atom stereocenters. The highest BCUT2D eigenvalue weighted by molar-refractivity contribution is 5.27. The zero-order valence-corrected chi connectivity index (χ0v) is 11.1. The Bertz CT molecular complexity index is 309. The molecule has 0 aliphatic rings. The minimum absolute atomic E-state index is 0.666. The molecular formula is C14H24N2O. The van der Waals surface area contributed by atoms with Crippen LogP contribution in [0.3, 0.4) is 0 Å². The normalized spacial score (nSPS) is 11.2. The molecule has 3 heteroatoms. The van der Waals surface area contributed by atoms with Gasteiger partial charge in [0.15, 0.2) is 0 Å². The number of nitrogens with two attached hydrogens (primary N) is 1. The highest BCUT2D eigenvalue weighted by atomic mass is 16.5. The molecule has 0 heterocycles. The molecule has 0 unspecified atom stereocenters. The lowest BCUT2D eigenvalue weighted by atomic mass is 10.1. The Hall–Kier alpha value is -1.06. The van der Waals surface area contributed by atoms with Gasteiger partial charge in [-0.05, 0) is 23.6 Å². The van der Waals surface area contributed by atoms with Crippen molar-refractivity contribution in [3.63, 3.8) is 0 Å². The third-order valence-corrected chi connectivity index (χ3v) is 2.63. The fraction of sp³-hybridized carbons (Fsp3) is 0.571. The van der Waals surface area contributed by atoms with E-state index in [1.54, 1.807) is 7.11 Å². The van der Waals surface area contributed by atoms with E-state index in [4.69, 9.17) is 10.5 Å². The third kappa shape index (κ3) is 5.20. The van der Waals surface area contributed by atoms with E-state index in [0.717, 1.165) is 25.4 Å². The summed E-state index contributed by atoms with van der Waals surface area (Å²) >= 11 is 0. The molecule has 17 heavy (non-hydrogen) atoms. The van der Waals surface area contributed by atoms with E-state index in [0.29, 0.717) is 12.5 Å². The molecule has 3 nitrogen and oxygen atoms in total. The molecule has 2 N–H and O–H groups in total. The largest absolute Gasteiger partial charge is 0.497 e. The Labute approximate surface area is 105 Å². The van der Waals surface area contributed by atoms with Gasteiger partial charge >= 0.3 is 0 Å². The van der Waals surface area contributed by atoms with Gasteiger partial charge in [-0.1, -0.05) is 26.0 Å². The lowest BCUT2D eigenvalue weighted by Gasteiger charge is -2.23. The Balaban J connectivity index is 2.58. The van der Waals surface area contributed by atoms with Crippen LogP contribution in [0.2, 0.25) is 0 Å². The average Bonchev–Trinajstić information content (AvgIpc) is 2.29. The van der Waals surface area contributed by atoms with Crippen LogP contribution < -0.4 is 10.5 Å². The van der Waals surface area contributed by atoms with Gasteiger partial charge in [0, 0.05) is 26.2 Å². The fourth-order valence-corrected chi connectivity index (χ4v) is 1.92. The zero-order valence-electron chi connectivity index (χ0n) is 11.1. The summed E-state index contributed by atoms with van der Waals surface area (Å²) in [4.78, 5) is 2.40. The molecular weight excluding hydrogens is 212 g/mol. The molecule has 0 amide bonds. The molecule has 1 rings (SSSR count). The van der Waals surface area contributed by atoms with Crippen LogP contribution in [0.1, 0.15) is 19.4 Å². The Morgan fingerprint density at radius 3 is 2.35 bits per heavy atom. The summed E-state index contributed by atoms with van der Waals surface area (Å²) in [6.45, 7) is 8.17. The molecule has 0 fully saturated rings. The molecule has 1 aromatic carbocycles. The minimum atomic E-state index is 0.666. The highest BCUT2D eigenvalue weighted by Crippen LogP contribution is 2.13. The smallest absolute Gasteiger partial charge is 0.118 e. The number of methoxy groups -OCH3 is 1. The van der Waals surface area contributed by atoms with Crippen molar-refractivity contribution in [3.8, 4) is 5.75 Å². The second-order valence-electron chi connectivity index (χ2n) is 4.77. The second kappa shape index (κ2) is 7.30. The van der Waals surface area contributed by atoms with Crippen molar-refractivity contribution in [2.24, 2.45) is 11.7 Å². The van der Waals surface area contributed by atoms with E-state index in [2.05, 4.69) is 30.9 Å². The number of rotatable bonds is 7. The van der Waals surface area contributed by atoms with Crippen LogP contribution >= 0.6 is 0 Å². The van der Waals surface area contributed by atoms with Gasteiger partial charge in [0.2, 0.25) is 0 Å². The number of hydrogen-bond donors (Lipinski definition) is 1. The van der Waals surface area contributed by atoms with E-state index < -0.39 is 0 Å². The predicted molar refractivity (Wildman–Crippen MR) is 72.2 cm³/mol. The molecule has 0 radical (unpaired) electrons. The first-order valence-corrected chi connectivity index (χ1v) is 6.21. The van der Waals surface area contributed by atoms with Crippen LogP contribution in [0, 0.1) is 5.92 Å². The van der Waals surface area contributed by atoms with E-state index in [1.165, 1.54) is 5.56 Å². The molecule has 0 aliphatic heterocycles. The fourth-order valence-electron chi connectivity index (χ4n) is 1.92. The highest BCUT2D eigenvalue weighted by Gasteiger charge is 2.07. The van der Waals surface area contributed by atoms with E-state index in [9.17, 15) is 0 Å². The maximum absolute atomic E-state index is 5.64. The summed E-state index contributed by atoms with van der Waals surface area (Å²) in [5.41, 5.74) is 6.95. The Kier molecular flexibility index (Phi) is 6.01. The molecule has 0 saturated heterocycles. The first-order valence-electron chi connectivity index (χ1n) is 6.21. The predicted octanol–water partition coefficient (Wildman–Crippen LogP) is 2.11. The zero-order chi connectivity index (χ0) is 12.7. The van der Waals surface area contributed by atoms with E-state index >= 15 is 0 Å². The topological polar surface area (TPSA) is 38.5 Å². The van der Waals surface area contributed by atoms with Crippen molar-refractivity contribution < 1.29 is 4.74 Å². The van der Waals surface area contributed by atoms with Gasteiger partial charge in [-0.3, -0.25) is 4.90 Å². The maximum Gasteiger partial charge on any atom is 0.118 e. The van der Waals surface area contributed by atoms with Crippen molar-refractivity contribution in [2.75, 3.05) is 26.7 Å². The number of nitrogens with zero attached hydrogens (tertiary/aromatic N) is 1. The summed E-state index contributed by atoms with van der Waals surface area (Å²) < 4.78 is 5.15. The lowest BCUT2D eigenvalue weighted by molar-refractivity contribution is 0.242. The summed E-state index contributed by atoms with van der Waals surface area (Å²) in [7, 11) is 1.69. The lowest BCUT2D eigenvalue weighted by Crippen LogP contribution is -2.32. The quantitative estimate of drug-likeness (QED) is 0.788. The van der Waals surface area contributed by atoms with Gasteiger partial charge in [0.05, 0.1) is 7.11 Å². The van der Waals surface area contributed by atoms with E-state index in [1.807, 2.05) is 12.1 Å². The van der Waals surface area contributed by atoms with Crippen LogP contribution in [0.5, 0.6) is 5.75 Å². The minimum Gasteiger partial charge on any atom is -0.497 e. The molecule has 1 aromatic rings. The van der Waals surface area contributed by atoms with Gasteiger partial charge in [0.25, 0.3) is 0 Å². The molecule has 96 valence electrons. The van der Waals surface area contributed by atoms with Crippen LogP contribution in [0.4, 0.5) is 0 Å². The van der Waals surface area contributed by atoms with Crippen molar-refractivity contribution in [2.45, 2.75) is 20.4 Å². The Morgan fingerprint density at radius 2 is 1.88 bits per heavy atom. The number of ether oxygens (including phenoxy) is 1. The summed E-state index contributed by atoms with van der Waals surface area (Å²) in [6.07, 6.45) is 0. The third-order valence-electron chi connectivity index (χ3n) is 2.63. The first-order chi connectivity index (χ1) is 8.15. The Morgan fingerprint density at radius 1 is 1.24 bits per heavy atom. The van der Waals surface area contributed by atoms with Crippen molar-refractivity contribution in [1.29, 1.82) is 0 Å². The summed E-state index contributed by atoms with van der Waals surface area (Å²) in [5, 5.41) is 0. The van der Waals surface area contributed by atoms with Gasteiger partial charge in [-0.2, -0.15) is 0 Å². The van der Waals surface area contributed by atoms with Gasteiger partial charge in [0.1, 0.15) is 5.75 Å². The summed E-state index contributed by atoms with van der Waals surface area (Å²) in [5.74, 6) is 1.57. The van der Waals surface area contributed by atoms with Crippen LogP contribution in [-0.2, 0) is 6.54 Å². The van der Waals surface area contributed by atoms with Crippen LogP contribution in [0.15, 0.2) is 24.3 Å². The number of hydrogen-bond acceptors (Lipinski definition) is 3. The SMILES string of the molecule is COc1ccc(CN(CCN)CC(C)C)cc1. The maximum atomic E-state index is 5.64. The monoisotopic (exact) mass is 236 g/mol.